The van der Waals surface area contributed by atoms with Crippen LogP contribution in [0.5, 0.6) is 0 Å². The molecule has 0 N–H and O–H groups in total. The molecule has 0 spiro atoms. The zero-order valence-corrected chi connectivity index (χ0v) is 12.2. The second-order valence-electron chi connectivity index (χ2n) is 7.57. The van der Waals surface area contributed by atoms with Crippen molar-refractivity contribution in [2.24, 2.45) is 23.7 Å². The van der Waals surface area contributed by atoms with Gasteiger partial charge in [-0.1, -0.05) is 77.0 Å². The Morgan fingerprint density at radius 2 is 1.17 bits per heavy atom. The molecule has 0 bridgehead atoms. The second-order valence-corrected chi connectivity index (χ2v) is 7.57. The molecule has 0 aromatic carbocycles. The standard InChI is InChI=1S/C18H32/c1-2-6-15(7-3-1)10-11-16-12-13-17-8-4-5-9-18(17)14-16/h15-18H,1-14H2. The molecule has 0 aromatic heterocycles. The molecular formula is C18H32. The molecular weight excluding hydrogens is 216 g/mol. The zero-order chi connectivity index (χ0) is 12.2. The lowest BCUT2D eigenvalue weighted by molar-refractivity contribution is 0.120. The first-order valence-corrected chi connectivity index (χ1v) is 8.92. The molecule has 0 heterocycles. The minimum Gasteiger partial charge on any atom is -0.0533 e. The van der Waals surface area contributed by atoms with Crippen LogP contribution in [0.15, 0.2) is 0 Å². The molecule has 3 aliphatic carbocycles. The molecule has 3 unspecified atom stereocenters. The van der Waals surface area contributed by atoms with Gasteiger partial charge in [0.05, 0.1) is 0 Å². The molecule has 104 valence electrons. The molecule has 0 nitrogen and oxygen atoms in total. The molecule has 0 saturated heterocycles. The Hall–Kier alpha value is 0. The smallest absolute Gasteiger partial charge is 0.0383 e. The average molecular weight is 248 g/mol. The lowest BCUT2D eigenvalue weighted by atomic mass is 9.66. The summed E-state index contributed by atoms with van der Waals surface area (Å²) in [6.07, 6.45) is 21.8. The first kappa shape index (κ1) is 13.0. The minimum atomic E-state index is 1.11. The van der Waals surface area contributed by atoms with Crippen molar-refractivity contribution in [2.45, 2.75) is 89.9 Å². The first-order chi connectivity index (χ1) is 8.92. The zero-order valence-electron chi connectivity index (χ0n) is 12.2. The summed E-state index contributed by atoms with van der Waals surface area (Å²) in [4.78, 5) is 0. The first-order valence-electron chi connectivity index (χ1n) is 8.92. The molecule has 3 atom stereocenters. The van der Waals surface area contributed by atoms with Gasteiger partial charge in [-0.25, -0.2) is 0 Å². The summed E-state index contributed by atoms with van der Waals surface area (Å²) < 4.78 is 0. The molecule has 0 aliphatic heterocycles. The van der Waals surface area contributed by atoms with Gasteiger partial charge in [0.1, 0.15) is 0 Å². The fraction of sp³-hybridized carbons (Fsp3) is 1.00. The number of rotatable bonds is 3. The van der Waals surface area contributed by atoms with Crippen molar-refractivity contribution in [2.75, 3.05) is 0 Å². The molecule has 3 aliphatic rings. The molecule has 18 heavy (non-hydrogen) atoms. The van der Waals surface area contributed by atoms with Gasteiger partial charge >= 0.3 is 0 Å². The van der Waals surface area contributed by atoms with Crippen LogP contribution in [0.4, 0.5) is 0 Å². The monoisotopic (exact) mass is 248 g/mol. The summed E-state index contributed by atoms with van der Waals surface area (Å²) in [6.45, 7) is 0. The van der Waals surface area contributed by atoms with Gasteiger partial charge in [0.25, 0.3) is 0 Å². The predicted octanol–water partition coefficient (Wildman–Crippen LogP) is 5.95. The van der Waals surface area contributed by atoms with Crippen molar-refractivity contribution in [1.29, 1.82) is 0 Å². The maximum absolute atomic E-state index is 1.61. The highest BCUT2D eigenvalue weighted by molar-refractivity contribution is 4.83. The van der Waals surface area contributed by atoms with E-state index in [1.165, 1.54) is 32.1 Å². The summed E-state index contributed by atoms with van der Waals surface area (Å²) in [5, 5.41) is 0. The van der Waals surface area contributed by atoms with Crippen LogP contribution in [0.1, 0.15) is 89.9 Å². The van der Waals surface area contributed by atoms with E-state index in [4.69, 9.17) is 0 Å². The van der Waals surface area contributed by atoms with E-state index in [0.29, 0.717) is 0 Å². The Bertz CT molecular complexity index is 238. The van der Waals surface area contributed by atoms with Crippen LogP contribution in [0.3, 0.4) is 0 Å². The van der Waals surface area contributed by atoms with E-state index < -0.39 is 0 Å². The van der Waals surface area contributed by atoms with E-state index in [-0.39, 0.29) is 0 Å². The Morgan fingerprint density at radius 1 is 0.500 bits per heavy atom. The predicted molar refractivity (Wildman–Crippen MR) is 78.6 cm³/mol. The number of fused-ring (bicyclic) bond motifs is 1. The third kappa shape index (κ3) is 3.31. The van der Waals surface area contributed by atoms with Crippen LogP contribution in [0.2, 0.25) is 0 Å². The minimum absolute atomic E-state index is 1.11. The molecule has 0 radical (unpaired) electrons. The lowest BCUT2D eigenvalue weighted by Gasteiger charge is -2.39. The maximum atomic E-state index is 1.61. The molecule has 3 rings (SSSR count). The van der Waals surface area contributed by atoms with Crippen molar-refractivity contribution >= 4 is 0 Å². The van der Waals surface area contributed by atoms with Crippen molar-refractivity contribution < 1.29 is 0 Å². The third-order valence-electron chi connectivity index (χ3n) is 6.36. The average Bonchev–Trinajstić information content (AvgIpc) is 2.46. The van der Waals surface area contributed by atoms with Gasteiger partial charge in [-0.15, -0.1) is 0 Å². The fourth-order valence-electron chi connectivity index (χ4n) is 5.18. The van der Waals surface area contributed by atoms with E-state index in [2.05, 4.69) is 0 Å². The van der Waals surface area contributed by atoms with Crippen LogP contribution in [0, 0.1) is 23.7 Å². The SMILES string of the molecule is C1CCC(CCC2CCC3CCCCC3C2)CC1. The molecule has 3 fully saturated rings. The van der Waals surface area contributed by atoms with E-state index in [1.54, 1.807) is 57.8 Å². The van der Waals surface area contributed by atoms with Gasteiger partial charge < -0.3 is 0 Å². The van der Waals surface area contributed by atoms with Crippen LogP contribution < -0.4 is 0 Å². The Labute approximate surface area is 114 Å². The van der Waals surface area contributed by atoms with Gasteiger partial charge in [0.15, 0.2) is 0 Å². The largest absolute Gasteiger partial charge is 0.0533 e. The van der Waals surface area contributed by atoms with Crippen molar-refractivity contribution in [3.05, 3.63) is 0 Å². The highest BCUT2D eigenvalue weighted by atomic mass is 14.4. The van der Waals surface area contributed by atoms with Crippen LogP contribution in [-0.2, 0) is 0 Å². The summed E-state index contributed by atoms with van der Waals surface area (Å²) in [7, 11) is 0. The van der Waals surface area contributed by atoms with Crippen LogP contribution in [0.25, 0.3) is 0 Å². The van der Waals surface area contributed by atoms with Crippen LogP contribution >= 0.6 is 0 Å². The third-order valence-corrected chi connectivity index (χ3v) is 6.36. The summed E-state index contributed by atoms with van der Waals surface area (Å²) >= 11 is 0. The van der Waals surface area contributed by atoms with E-state index in [1.807, 2.05) is 0 Å². The number of hydrogen-bond donors (Lipinski definition) is 0. The van der Waals surface area contributed by atoms with E-state index in [9.17, 15) is 0 Å². The van der Waals surface area contributed by atoms with Gasteiger partial charge in [-0.3, -0.25) is 0 Å². The van der Waals surface area contributed by atoms with Gasteiger partial charge in [0.2, 0.25) is 0 Å². The fourth-order valence-corrected chi connectivity index (χ4v) is 5.18. The normalized spacial score (nSPS) is 38.3. The summed E-state index contributed by atoms with van der Waals surface area (Å²) in [5.74, 6) is 4.52. The highest BCUT2D eigenvalue weighted by Crippen LogP contribution is 2.44. The molecule has 3 saturated carbocycles. The molecule has 0 amide bonds. The summed E-state index contributed by atoms with van der Waals surface area (Å²) in [5.41, 5.74) is 0. The molecule has 0 heteroatoms. The van der Waals surface area contributed by atoms with E-state index in [0.717, 1.165) is 23.7 Å². The van der Waals surface area contributed by atoms with Crippen molar-refractivity contribution in [3.8, 4) is 0 Å². The second kappa shape index (κ2) is 6.44. The highest BCUT2D eigenvalue weighted by Gasteiger charge is 2.32. The Balaban J connectivity index is 1.40. The Kier molecular flexibility index (Phi) is 4.65. The van der Waals surface area contributed by atoms with Crippen molar-refractivity contribution in [3.63, 3.8) is 0 Å². The lowest BCUT2D eigenvalue weighted by Crippen LogP contribution is -2.28. The maximum Gasteiger partial charge on any atom is -0.0383 e. The number of hydrogen-bond acceptors (Lipinski definition) is 0. The molecule has 0 aromatic rings. The van der Waals surface area contributed by atoms with Gasteiger partial charge in [-0.2, -0.15) is 0 Å². The van der Waals surface area contributed by atoms with Crippen LogP contribution in [-0.4, -0.2) is 0 Å². The van der Waals surface area contributed by atoms with E-state index >= 15 is 0 Å². The Morgan fingerprint density at radius 3 is 2.00 bits per heavy atom. The van der Waals surface area contributed by atoms with Crippen molar-refractivity contribution in [1.82, 2.24) is 0 Å². The topological polar surface area (TPSA) is 0 Å². The van der Waals surface area contributed by atoms with Gasteiger partial charge in [0, 0.05) is 0 Å². The van der Waals surface area contributed by atoms with Gasteiger partial charge in [-0.05, 0) is 36.5 Å². The quantitative estimate of drug-likeness (QED) is 0.578. The summed E-state index contributed by atoms with van der Waals surface area (Å²) in [6, 6.07) is 0.